The summed E-state index contributed by atoms with van der Waals surface area (Å²) in [5, 5.41) is 13.7. The zero-order valence-electron chi connectivity index (χ0n) is 13.1. The Morgan fingerprint density at radius 3 is 2.59 bits per heavy atom. The van der Waals surface area contributed by atoms with Gasteiger partial charge in [0.25, 0.3) is 0 Å². The lowest BCUT2D eigenvalue weighted by Crippen LogP contribution is -2.28. The fourth-order valence-electron chi connectivity index (χ4n) is 3.01. The molecule has 0 amide bonds. The van der Waals surface area contributed by atoms with E-state index < -0.39 is 0 Å². The van der Waals surface area contributed by atoms with E-state index in [1.807, 2.05) is 38.1 Å². The van der Waals surface area contributed by atoms with E-state index in [1.165, 1.54) is 16.7 Å². The molecule has 1 aliphatic carbocycles. The fraction of sp³-hybridized carbons (Fsp3) is 0.368. The first kappa shape index (κ1) is 15.1. The molecule has 0 saturated carbocycles. The second-order valence-electron chi connectivity index (χ2n) is 6.14. The molecule has 3 heteroatoms. The molecule has 2 N–H and O–H groups in total. The Morgan fingerprint density at radius 2 is 1.86 bits per heavy atom. The third-order valence-corrected chi connectivity index (χ3v) is 4.03. The van der Waals surface area contributed by atoms with Gasteiger partial charge in [-0.2, -0.15) is 0 Å². The topological polar surface area (TPSA) is 41.5 Å². The van der Waals surface area contributed by atoms with Crippen LogP contribution in [0.4, 0.5) is 0 Å². The van der Waals surface area contributed by atoms with E-state index >= 15 is 0 Å². The summed E-state index contributed by atoms with van der Waals surface area (Å²) in [6, 6.07) is 16.4. The highest BCUT2D eigenvalue weighted by molar-refractivity contribution is 5.36. The summed E-state index contributed by atoms with van der Waals surface area (Å²) >= 11 is 0. The molecule has 0 spiro atoms. The SMILES string of the molecule is CC(C)Oc1ccc(CN[C@H]2c3ccccc3C[C@H]2O)cc1. The average Bonchev–Trinajstić information content (AvgIpc) is 2.81. The molecule has 2 aromatic carbocycles. The molecule has 2 aromatic rings. The number of hydrogen-bond donors (Lipinski definition) is 2. The predicted molar refractivity (Wildman–Crippen MR) is 87.9 cm³/mol. The van der Waals surface area contributed by atoms with Gasteiger partial charge in [0, 0.05) is 13.0 Å². The van der Waals surface area contributed by atoms with Crippen molar-refractivity contribution in [1.82, 2.24) is 5.32 Å². The van der Waals surface area contributed by atoms with Gasteiger partial charge in [0.2, 0.25) is 0 Å². The lowest BCUT2D eigenvalue weighted by atomic mass is 10.1. The first-order valence-electron chi connectivity index (χ1n) is 7.88. The molecule has 0 bridgehead atoms. The Kier molecular flexibility index (Phi) is 4.46. The molecule has 0 aliphatic heterocycles. The maximum absolute atomic E-state index is 10.2. The molecule has 116 valence electrons. The third-order valence-electron chi connectivity index (χ3n) is 4.03. The molecular weight excluding hydrogens is 274 g/mol. The summed E-state index contributed by atoms with van der Waals surface area (Å²) < 4.78 is 5.65. The Morgan fingerprint density at radius 1 is 1.14 bits per heavy atom. The van der Waals surface area contributed by atoms with E-state index in [0.717, 1.165) is 18.7 Å². The summed E-state index contributed by atoms with van der Waals surface area (Å²) in [5.41, 5.74) is 3.65. The van der Waals surface area contributed by atoms with Gasteiger partial charge in [0.1, 0.15) is 5.75 Å². The van der Waals surface area contributed by atoms with Gasteiger partial charge < -0.3 is 15.2 Å². The van der Waals surface area contributed by atoms with E-state index in [4.69, 9.17) is 4.74 Å². The molecular formula is C19H23NO2. The van der Waals surface area contributed by atoms with Crippen LogP contribution in [-0.4, -0.2) is 17.3 Å². The molecule has 3 rings (SSSR count). The van der Waals surface area contributed by atoms with Crippen molar-refractivity contribution in [3.8, 4) is 5.75 Å². The van der Waals surface area contributed by atoms with Gasteiger partial charge in [-0.3, -0.25) is 0 Å². The Balaban J connectivity index is 1.63. The highest BCUT2D eigenvalue weighted by Gasteiger charge is 2.29. The Labute approximate surface area is 131 Å². The quantitative estimate of drug-likeness (QED) is 0.890. The minimum absolute atomic E-state index is 0.0165. The normalized spacial score (nSPS) is 20.2. The predicted octanol–water partition coefficient (Wildman–Crippen LogP) is 3.22. The number of nitrogens with one attached hydrogen (secondary N) is 1. The molecule has 0 aromatic heterocycles. The van der Waals surface area contributed by atoms with E-state index in [1.54, 1.807) is 0 Å². The molecule has 1 aliphatic rings. The molecule has 0 fully saturated rings. The number of hydrogen-bond acceptors (Lipinski definition) is 3. The number of aliphatic hydroxyl groups excluding tert-OH is 1. The number of ether oxygens (including phenoxy) is 1. The third kappa shape index (κ3) is 3.32. The van der Waals surface area contributed by atoms with Crippen molar-refractivity contribution in [3.05, 3.63) is 65.2 Å². The largest absolute Gasteiger partial charge is 0.491 e. The van der Waals surface area contributed by atoms with Crippen LogP contribution in [0.15, 0.2) is 48.5 Å². The second-order valence-corrected chi connectivity index (χ2v) is 6.14. The molecule has 22 heavy (non-hydrogen) atoms. The van der Waals surface area contributed by atoms with E-state index in [0.29, 0.717) is 0 Å². The summed E-state index contributed by atoms with van der Waals surface area (Å²) in [6.07, 6.45) is 0.574. The zero-order valence-corrected chi connectivity index (χ0v) is 13.1. The van der Waals surface area contributed by atoms with Gasteiger partial charge in [-0.05, 0) is 42.7 Å². The van der Waals surface area contributed by atoms with Crippen molar-refractivity contribution in [3.63, 3.8) is 0 Å². The van der Waals surface area contributed by atoms with Gasteiger partial charge in [0.05, 0.1) is 18.2 Å². The van der Waals surface area contributed by atoms with Crippen LogP contribution < -0.4 is 10.1 Å². The van der Waals surface area contributed by atoms with Crippen molar-refractivity contribution in [1.29, 1.82) is 0 Å². The highest BCUT2D eigenvalue weighted by Crippen LogP contribution is 2.31. The maximum atomic E-state index is 10.2. The van der Waals surface area contributed by atoms with Crippen molar-refractivity contribution < 1.29 is 9.84 Å². The second kappa shape index (κ2) is 6.51. The Bertz CT molecular complexity index is 622. The standard InChI is InChI=1S/C19H23NO2/c1-13(2)22-16-9-7-14(8-10-16)12-20-19-17-6-4-3-5-15(17)11-18(19)21/h3-10,13,18-21H,11-12H2,1-2H3/t18-,19+/m1/s1. The van der Waals surface area contributed by atoms with Crippen LogP contribution in [0.25, 0.3) is 0 Å². The minimum atomic E-state index is -0.346. The van der Waals surface area contributed by atoms with Gasteiger partial charge in [-0.25, -0.2) is 0 Å². The number of rotatable bonds is 5. The fourth-order valence-corrected chi connectivity index (χ4v) is 3.01. The van der Waals surface area contributed by atoms with Gasteiger partial charge in [-0.1, -0.05) is 36.4 Å². The summed E-state index contributed by atoms with van der Waals surface area (Å²) in [6.45, 7) is 4.78. The summed E-state index contributed by atoms with van der Waals surface area (Å²) in [7, 11) is 0. The first-order valence-corrected chi connectivity index (χ1v) is 7.88. The van der Waals surface area contributed by atoms with Crippen molar-refractivity contribution in [2.45, 2.75) is 45.1 Å². The maximum Gasteiger partial charge on any atom is 0.119 e. The molecule has 2 atom stereocenters. The van der Waals surface area contributed by atoms with Gasteiger partial charge >= 0.3 is 0 Å². The molecule has 0 unspecified atom stereocenters. The van der Waals surface area contributed by atoms with Crippen LogP contribution in [0, 0.1) is 0 Å². The lowest BCUT2D eigenvalue weighted by molar-refractivity contribution is 0.140. The summed E-state index contributed by atoms with van der Waals surface area (Å²) in [5.74, 6) is 0.894. The van der Waals surface area contributed by atoms with Crippen molar-refractivity contribution in [2.24, 2.45) is 0 Å². The number of aliphatic hydroxyl groups is 1. The van der Waals surface area contributed by atoms with Crippen LogP contribution in [0.2, 0.25) is 0 Å². The summed E-state index contributed by atoms with van der Waals surface area (Å²) in [4.78, 5) is 0. The lowest BCUT2D eigenvalue weighted by Gasteiger charge is -2.18. The zero-order chi connectivity index (χ0) is 15.5. The van der Waals surface area contributed by atoms with Crippen LogP contribution in [0.3, 0.4) is 0 Å². The number of benzene rings is 2. The molecule has 3 nitrogen and oxygen atoms in total. The van der Waals surface area contributed by atoms with Gasteiger partial charge in [0.15, 0.2) is 0 Å². The smallest absolute Gasteiger partial charge is 0.119 e. The van der Waals surface area contributed by atoms with Crippen molar-refractivity contribution in [2.75, 3.05) is 0 Å². The van der Waals surface area contributed by atoms with Crippen LogP contribution >= 0.6 is 0 Å². The Hall–Kier alpha value is -1.84. The van der Waals surface area contributed by atoms with Crippen LogP contribution in [0.5, 0.6) is 5.75 Å². The van der Waals surface area contributed by atoms with Crippen molar-refractivity contribution >= 4 is 0 Å². The van der Waals surface area contributed by atoms with Crippen LogP contribution in [0.1, 0.15) is 36.6 Å². The van der Waals surface area contributed by atoms with E-state index in [-0.39, 0.29) is 18.2 Å². The van der Waals surface area contributed by atoms with E-state index in [2.05, 4.69) is 29.6 Å². The van der Waals surface area contributed by atoms with Gasteiger partial charge in [-0.15, -0.1) is 0 Å². The molecule has 0 heterocycles. The highest BCUT2D eigenvalue weighted by atomic mass is 16.5. The molecule has 0 radical (unpaired) electrons. The monoisotopic (exact) mass is 297 g/mol. The van der Waals surface area contributed by atoms with Crippen LogP contribution in [-0.2, 0) is 13.0 Å². The number of fused-ring (bicyclic) bond motifs is 1. The minimum Gasteiger partial charge on any atom is -0.491 e. The average molecular weight is 297 g/mol. The first-order chi connectivity index (χ1) is 10.6. The van der Waals surface area contributed by atoms with E-state index in [9.17, 15) is 5.11 Å². The molecule has 0 saturated heterocycles.